The van der Waals surface area contributed by atoms with E-state index >= 15 is 0 Å². The van der Waals surface area contributed by atoms with Gasteiger partial charge >= 0.3 is 0 Å². The second-order valence-electron chi connectivity index (χ2n) is 6.45. The molecule has 6 heteroatoms. The molecule has 1 fully saturated rings. The summed E-state index contributed by atoms with van der Waals surface area (Å²) < 4.78 is 10.6. The number of aromatic nitrogens is 2. The third-order valence-electron chi connectivity index (χ3n) is 4.72. The molecule has 1 N–H and O–H groups in total. The highest BCUT2D eigenvalue weighted by Crippen LogP contribution is 2.29. The molecule has 0 bridgehead atoms. The van der Waals surface area contributed by atoms with Crippen molar-refractivity contribution in [1.82, 2.24) is 14.9 Å². The van der Waals surface area contributed by atoms with Gasteiger partial charge in [0.1, 0.15) is 12.4 Å². The van der Waals surface area contributed by atoms with Gasteiger partial charge in [0.05, 0.1) is 11.0 Å². The maximum Gasteiger partial charge on any atom is 0.289 e. The largest absolute Gasteiger partial charge is 0.453 e. The molecule has 1 aliphatic heterocycles. The number of nitrogens with one attached hydrogen (secondary N) is 1. The Morgan fingerprint density at radius 2 is 2.36 bits per heavy atom. The standard InChI is InChI=1S/C19H21N3O3/c1-24-12-14-6-7-18(25-14)19(23)22-9-3-4-13(11-22)16-10-17-15(21-16)5-2-8-20-17/h2,5-8,10,13,21H,3-4,9,11-12H2,1H3/t13-/m1/s1. The van der Waals surface area contributed by atoms with Crippen LogP contribution < -0.4 is 0 Å². The summed E-state index contributed by atoms with van der Waals surface area (Å²) in [4.78, 5) is 22.4. The molecule has 6 nitrogen and oxygen atoms in total. The Bertz CT molecular complexity index is 850. The second-order valence-corrected chi connectivity index (χ2v) is 6.45. The average Bonchev–Trinajstić information content (AvgIpc) is 3.28. The Kier molecular flexibility index (Phi) is 4.28. The minimum Gasteiger partial charge on any atom is -0.453 e. The van der Waals surface area contributed by atoms with Crippen molar-refractivity contribution in [1.29, 1.82) is 0 Å². The molecule has 0 radical (unpaired) electrons. The van der Waals surface area contributed by atoms with E-state index in [2.05, 4.69) is 16.0 Å². The topological polar surface area (TPSA) is 71.4 Å². The Balaban J connectivity index is 1.50. The summed E-state index contributed by atoms with van der Waals surface area (Å²) in [6.07, 6.45) is 3.83. The summed E-state index contributed by atoms with van der Waals surface area (Å²) in [5.74, 6) is 1.29. The van der Waals surface area contributed by atoms with Gasteiger partial charge in [-0.05, 0) is 43.2 Å². The molecule has 4 rings (SSSR count). The summed E-state index contributed by atoms with van der Waals surface area (Å²) in [5, 5.41) is 0. The number of nitrogens with zero attached hydrogens (tertiary/aromatic N) is 2. The van der Waals surface area contributed by atoms with Crippen LogP contribution in [0.1, 0.15) is 40.8 Å². The first-order chi connectivity index (χ1) is 12.2. The number of H-pyrrole nitrogens is 1. The first kappa shape index (κ1) is 15.9. The molecule has 3 aromatic rings. The molecule has 3 aromatic heterocycles. The molecule has 1 aliphatic rings. The summed E-state index contributed by atoms with van der Waals surface area (Å²) in [6, 6.07) is 9.57. The van der Waals surface area contributed by atoms with E-state index in [-0.39, 0.29) is 5.91 Å². The molecule has 0 spiro atoms. The number of pyridine rings is 1. The first-order valence-electron chi connectivity index (χ1n) is 8.55. The van der Waals surface area contributed by atoms with Crippen molar-refractivity contribution in [3.8, 4) is 0 Å². The quantitative estimate of drug-likeness (QED) is 0.791. The highest BCUT2D eigenvalue weighted by molar-refractivity contribution is 5.91. The van der Waals surface area contributed by atoms with Gasteiger partial charge in [0.2, 0.25) is 0 Å². The summed E-state index contributed by atoms with van der Waals surface area (Å²) >= 11 is 0. The van der Waals surface area contributed by atoms with Crippen LogP contribution in [0.5, 0.6) is 0 Å². The van der Waals surface area contributed by atoms with E-state index in [1.165, 1.54) is 0 Å². The van der Waals surface area contributed by atoms with E-state index in [0.717, 1.165) is 36.1 Å². The van der Waals surface area contributed by atoms with Crippen molar-refractivity contribution in [2.75, 3.05) is 20.2 Å². The predicted octanol–water partition coefficient (Wildman–Crippen LogP) is 3.32. The number of furan rings is 1. The number of ether oxygens (including phenoxy) is 1. The maximum atomic E-state index is 12.7. The number of hydrogen-bond donors (Lipinski definition) is 1. The monoisotopic (exact) mass is 339 g/mol. The SMILES string of the molecule is COCc1ccc(C(=O)N2CCC[C@@H](c3cc4ncccc4[nH]3)C2)o1. The molecular formula is C19H21N3O3. The van der Waals surface area contributed by atoms with Crippen LogP contribution in [0.4, 0.5) is 0 Å². The first-order valence-corrected chi connectivity index (χ1v) is 8.55. The highest BCUT2D eigenvalue weighted by atomic mass is 16.5. The van der Waals surface area contributed by atoms with Gasteiger partial charge in [-0.3, -0.25) is 9.78 Å². The van der Waals surface area contributed by atoms with Gasteiger partial charge in [-0.25, -0.2) is 0 Å². The number of likely N-dealkylation sites (tertiary alicyclic amines) is 1. The van der Waals surface area contributed by atoms with Gasteiger partial charge < -0.3 is 19.0 Å². The lowest BCUT2D eigenvalue weighted by molar-refractivity contribution is 0.0666. The van der Waals surface area contributed by atoms with Crippen molar-refractivity contribution in [2.24, 2.45) is 0 Å². The van der Waals surface area contributed by atoms with Crippen LogP contribution in [0.3, 0.4) is 0 Å². The van der Waals surface area contributed by atoms with E-state index in [4.69, 9.17) is 9.15 Å². The minimum atomic E-state index is -0.0544. The van der Waals surface area contributed by atoms with Crippen LogP contribution in [-0.2, 0) is 11.3 Å². The molecular weight excluding hydrogens is 318 g/mol. The van der Waals surface area contributed by atoms with Crippen molar-refractivity contribution in [3.05, 3.63) is 53.7 Å². The third-order valence-corrected chi connectivity index (χ3v) is 4.72. The van der Waals surface area contributed by atoms with E-state index in [1.807, 2.05) is 17.0 Å². The molecule has 1 saturated heterocycles. The fraction of sp³-hybridized carbons (Fsp3) is 0.368. The summed E-state index contributed by atoms with van der Waals surface area (Å²) in [7, 11) is 1.61. The van der Waals surface area contributed by atoms with Crippen LogP contribution in [0, 0.1) is 0 Å². The Morgan fingerprint density at radius 1 is 1.44 bits per heavy atom. The van der Waals surface area contributed by atoms with E-state index in [9.17, 15) is 4.79 Å². The minimum absolute atomic E-state index is 0.0544. The van der Waals surface area contributed by atoms with E-state index < -0.39 is 0 Å². The Morgan fingerprint density at radius 3 is 3.20 bits per heavy atom. The smallest absolute Gasteiger partial charge is 0.289 e. The number of carbonyl (C=O) groups excluding carboxylic acids is 1. The Labute approximate surface area is 145 Å². The van der Waals surface area contributed by atoms with Crippen LogP contribution >= 0.6 is 0 Å². The zero-order valence-electron chi connectivity index (χ0n) is 14.2. The molecule has 0 aliphatic carbocycles. The van der Waals surface area contributed by atoms with Gasteiger partial charge in [-0.15, -0.1) is 0 Å². The number of methoxy groups -OCH3 is 1. The van der Waals surface area contributed by atoms with Crippen molar-refractivity contribution >= 4 is 16.9 Å². The second kappa shape index (κ2) is 6.72. The van der Waals surface area contributed by atoms with E-state index in [0.29, 0.717) is 30.6 Å². The summed E-state index contributed by atoms with van der Waals surface area (Å²) in [5.41, 5.74) is 3.15. The summed E-state index contributed by atoms with van der Waals surface area (Å²) in [6.45, 7) is 1.82. The maximum absolute atomic E-state index is 12.7. The number of hydrogen-bond acceptors (Lipinski definition) is 4. The molecule has 1 atom stereocenters. The van der Waals surface area contributed by atoms with Gasteiger partial charge in [0, 0.05) is 38.0 Å². The zero-order valence-corrected chi connectivity index (χ0v) is 14.2. The fourth-order valence-electron chi connectivity index (χ4n) is 3.48. The molecule has 0 saturated carbocycles. The van der Waals surface area contributed by atoms with E-state index in [1.54, 1.807) is 25.4 Å². The van der Waals surface area contributed by atoms with Crippen molar-refractivity contribution in [2.45, 2.75) is 25.4 Å². The van der Waals surface area contributed by atoms with Gasteiger partial charge in [0.15, 0.2) is 5.76 Å². The van der Waals surface area contributed by atoms with Crippen molar-refractivity contribution in [3.63, 3.8) is 0 Å². The predicted molar refractivity (Wildman–Crippen MR) is 93.4 cm³/mol. The normalized spacial score (nSPS) is 18.0. The van der Waals surface area contributed by atoms with Crippen molar-refractivity contribution < 1.29 is 13.9 Å². The molecule has 0 unspecified atom stereocenters. The lowest BCUT2D eigenvalue weighted by atomic mass is 9.94. The molecule has 0 aromatic carbocycles. The number of carbonyl (C=O) groups is 1. The molecule has 1 amide bonds. The van der Waals surface area contributed by atoms with Gasteiger partial charge in [0.25, 0.3) is 5.91 Å². The zero-order chi connectivity index (χ0) is 17.2. The molecule has 130 valence electrons. The number of aromatic amines is 1. The van der Waals surface area contributed by atoms with Crippen LogP contribution in [0.25, 0.3) is 11.0 Å². The van der Waals surface area contributed by atoms with Gasteiger partial charge in [-0.2, -0.15) is 0 Å². The lowest BCUT2D eigenvalue weighted by Crippen LogP contribution is -2.39. The highest BCUT2D eigenvalue weighted by Gasteiger charge is 2.28. The number of amides is 1. The lowest BCUT2D eigenvalue weighted by Gasteiger charge is -2.31. The van der Waals surface area contributed by atoms with Crippen LogP contribution in [-0.4, -0.2) is 41.0 Å². The van der Waals surface area contributed by atoms with Crippen LogP contribution in [0.15, 0.2) is 40.9 Å². The Hall–Kier alpha value is -2.60. The number of fused-ring (bicyclic) bond motifs is 1. The molecule has 4 heterocycles. The third kappa shape index (κ3) is 3.17. The number of rotatable bonds is 4. The van der Waals surface area contributed by atoms with Gasteiger partial charge in [-0.1, -0.05) is 0 Å². The average molecular weight is 339 g/mol. The molecule has 25 heavy (non-hydrogen) atoms. The van der Waals surface area contributed by atoms with Crippen LogP contribution in [0.2, 0.25) is 0 Å². The fourth-order valence-corrected chi connectivity index (χ4v) is 3.48. The number of piperidine rings is 1.